The first-order chi connectivity index (χ1) is 12.8. The summed E-state index contributed by atoms with van der Waals surface area (Å²) >= 11 is 0. The molecule has 1 aromatic heterocycles. The molecule has 0 saturated heterocycles. The first kappa shape index (κ1) is 20.0. The average molecular weight is 375 g/mol. The van der Waals surface area contributed by atoms with Crippen LogP contribution in [0.4, 0.5) is 11.5 Å². The molecule has 0 spiro atoms. The lowest BCUT2D eigenvalue weighted by Gasteiger charge is -2.23. The topological polar surface area (TPSA) is 122 Å². The Morgan fingerprint density at radius 1 is 1.22 bits per heavy atom. The number of hydrogen-bond donors (Lipinski definition) is 1. The third-order valence-electron chi connectivity index (χ3n) is 3.66. The van der Waals surface area contributed by atoms with Crippen molar-refractivity contribution < 1.29 is 19.0 Å². The van der Waals surface area contributed by atoms with Gasteiger partial charge >= 0.3 is 0 Å². The first-order valence-corrected chi connectivity index (χ1v) is 8.18. The maximum Gasteiger partial charge on any atom is 0.269 e. The highest BCUT2D eigenvalue weighted by atomic mass is 16.6. The van der Waals surface area contributed by atoms with E-state index in [1.807, 2.05) is 19.0 Å². The molecular formula is C17H21N5O5. The van der Waals surface area contributed by atoms with Gasteiger partial charge in [0.25, 0.3) is 11.6 Å². The van der Waals surface area contributed by atoms with Crippen LogP contribution in [-0.2, 0) is 4.79 Å². The van der Waals surface area contributed by atoms with Crippen molar-refractivity contribution in [3.8, 4) is 0 Å². The maximum atomic E-state index is 12.8. The minimum atomic E-state index is -0.536. The van der Waals surface area contributed by atoms with Crippen LogP contribution in [0, 0.1) is 17.0 Å². The van der Waals surface area contributed by atoms with Crippen molar-refractivity contribution in [1.82, 2.24) is 15.0 Å². The van der Waals surface area contributed by atoms with Gasteiger partial charge in [0.15, 0.2) is 5.82 Å². The van der Waals surface area contributed by atoms with Crippen LogP contribution in [0.5, 0.6) is 0 Å². The molecule has 2 rings (SSSR count). The fourth-order valence-electron chi connectivity index (χ4n) is 2.26. The number of nitro groups is 1. The van der Waals surface area contributed by atoms with E-state index < -0.39 is 16.7 Å². The lowest BCUT2D eigenvalue weighted by molar-refractivity contribution is -0.384. The molecule has 2 aromatic rings. The highest BCUT2D eigenvalue weighted by Crippen LogP contribution is 2.14. The number of amides is 2. The van der Waals surface area contributed by atoms with Crippen LogP contribution in [0.3, 0.4) is 0 Å². The molecule has 0 aliphatic heterocycles. The summed E-state index contributed by atoms with van der Waals surface area (Å²) in [5.74, 6) is 0.0140. The molecule has 0 bridgehead atoms. The van der Waals surface area contributed by atoms with Crippen LogP contribution in [0.2, 0.25) is 0 Å². The van der Waals surface area contributed by atoms with E-state index in [2.05, 4.69) is 10.5 Å². The molecular weight excluding hydrogens is 354 g/mol. The molecule has 0 fully saturated rings. The SMILES string of the molecule is Cc1cc(NC(=O)CN(CCN(C)C)C(=O)c2ccc([N+](=O)[O-])cc2)no1. The van der Waals surface area contributed by atoms with Gasteiger partial charge in [-0.1, -0.05) is 5.16 Å². The molecule has 0 atom stereocenters. The van der Waals surface area contributed by atoms with Crippen LogP contribution >= 0.6 is 0 Å². The van der Waals surface area contributed by atoms with E-state index >= 15 is 0 Å². The number of carbonyl (C=O) groups excluding carboxylic acids is 2. The summed E-state index contributed by atoms with van der Waals surface area (Å²) in [6.07, 6.45) is 0. The zero-order chi connectivity index (χ0) is 20.0. The number of hydrogen-bond acceptors (Lipinski definition) is 7. The van der Waals surface area contributed by atoms with E-state index in [9.17, 15) is 19.7 Å². The molecule has 144 valence electrons. The highest BCUT2D eigenvalue weighted by Gasteiger charge is 2.20. The van der Waals surface area contributed by atoms with E-state index in [1.54, 1.807) is 13.0 Å². The Kier molecular flexibility index (Phi) is 6.61. The zero-order valence-electron chi connectivity index (χ0n) is 15.3. The molecule has 0 aliphatic carbocycles. The van der Waals surface area contributed by atoms with Gasteiger partial charge in [0.2, 0.25) is 5.91 Å². The van der Waals surface area contributed by atoms with Crippen LogP contribution in [0.1, 0.15) is 16.1 Å². The fourth-order valence-corrected chi connectivity index (χ4v) is 2.26. The Balaban J connectivity index is 2.10. The van der Waals surface area contributed by atoms with Crippen molar-refractivity contribution in [2.45, 2.75) is 6.92 Å². The monoisotopic (exact) mass is 375 g/mol. The Labute approximate surface area is 155 Å². The summed E-state index contributed by atoms with van der Waals surface area (Å²) in [5.41, 5.74) is 0.162. The van der Waals surface area contributed by atoms with E-state index in [-0.39, 0.29) is 23.6 Å². The van der Waals surface area contributed by atoms with Gasteiger partial charge in [0, 0.05) is 36.9 Å². The minimum absolute atomic E-state index is 0.106. The molecule has 0 aliphatic rings. The van der Waals surface area contributed by atoms with Gasteiger partial charge in [-0.25, -0.2) is 0 Å². The minimum Gasteiger partial charge on any atom is -0.360 e. The van der Waals surface area contributed by atoms with Crippen LogP contribution in [0.25, 0.3) is 0 Å². The maximum absolute atomic E-state index is 12.8. The van der Waals surface area contributed by atoms with Crippen LogP contribution in [-0.4, -0.2) is 65.4 Å². The van der Waals surface area contributed by atoms with E-state index in [4.69, 9.17) is 4.52 Å². The van der Waals surface area contributed by atoms with Gasteiger partial charge in [-0.2, -0.15) is 0 Å². The molecule has 0 radical (unpaired) electrons. The molecule has 1 aromatic carbocycles. The molecule has 10 heteroatoms. The largest absolute Gasteiger partial charge is 0.360 e. The smallest absolute Gasteiger partial charge is 0.269 e. The Morgan fingerprint density at radius 2 is 1.89 bits per heavy atom. The summed E-state index contributed by atoms with van der Waals surface area (Å²) in [4.78, 5) is 38.5. The first-order valence-electron chi connectivity index (χ1n) is 8.18. The Morgan fingerprint density at radius 3 is 2.41 bits per heavy atom. The summed E-state index contributed by atoms with van der Waals surface area (Å²) in [6, 6.07) is 6.84. The molecule has 0 unspecified atom stereocenters. The number of benzene rings is 1. The fraction of sp³-hybridized carbons (Fsp3) is 0.353. The normalized spacial score (nSPS) is 10.7. The van der Waals surface area contributed by atoms with Gasteiger partial charge in [-0.3, -0.25) is 19.7 Å². The van der Waals surface area contributed by atoms with Crippen LogP contribution in [0.15, 0.2) is 34.9 Å². The van der Waals surface area contributed by atoms with Gasteiger partial charge < -0.3 is 19.6 Å². The van der Waals surface area contributed by atoms with Gasteiger partial charge in [0.1, 0.15) is 12.3 Å². The van der Waals surface area contributed by atoms with Gasteiger partial charge in [-0.05, 0) is 33.2 Å². The van der Waals surface area contributed by atoms with Gasteiger partial charge in [-0.15, -0.1) is 0 Å². The molecule has 27 heavy (non-hydrogen) atoms. The summed E-state index contributed by atoms with van der Waals surface area (Å²) in [5, 5.41) is 17.0. The second-order valence-electron chi connectivity index (χ2n) is 6.20. The summed E-state index contributed by atoms with van der Waals surface area (Å²) in [7, 11) is 3.71. The van der Waals surface area contributed by atoms with E-state index in [0.717, 1.165) is 0 Å². The van der Waals surface area contributed by atoms with Crippen molar-refractivity contribution in [1.29, 1.82) is 0 Å². The summed E-state index contributed by atoms with van der Waals surface area (Å²) < 4.78 is 4.89. The molecule has 2 amide bonds. The number of nitro benzene ring substituents is 1. The summed E-state index contributed by atoms with van der Waals surface area (Å²) in [6.45, 7) is 2.38. The number of aryl methyl sites for hydroxylation is 1. The molecule has 1 heterocycles. The molecule has 0 saturated carbocycles. The predicted octanol–water partition coefficient (Wildman–Crippen LogP) is 1.53. The number of nitrogens with zero attached hydrogens (tertiary/aromatic N) is 4. The standard InChI is InChI=1S/C17H21N5O5/c1-12-10-15(19-27-12)18-16(23)11-21(9-8-20(2)3)17(24)13-4-6-14(7-5-13)22(25)26/h4-7,10H,8-9,11H2,1-3H3,(H,18,19,23). The number of anilines is 1. The third-order valence-corrected chi connectivity index (χ3v) is 3.66. The van der Waals surface area contributed by atoms with Crippen molar-refractivity contribution in [2.24, 2.45) is 0 Å². The molecule has 10 nitrogen and oxygen atoms in total. The van der Waals surface area contributed by atoms with Crippen molar-refractivity contribution >= 4 is 23.3 Å². The van der Waals surface area contributed by atoms with E-state index in [0.29, 0.717) is 18.8 Å². The van der Waals surface area contributed by atoms with Crippen molar-refractivity contribution in [3.05, 3.63) is 51.8 Å². The number of rotatable bonds is 8. The van der Waals surface area contributed by atoms with Crippen molar-refractivity contribution in [3.63, 3.8) is 0 Å². The van der Waals surface area contributed by atoms with Gasteiger partial charge in [0.05, 0.1) is 4.92 Å². The number of aromatic nitrogens is 1. The second-order valence-corrected chi connectivity index (χ2v) is 6.20. The highest BCUT2D eigenvalue weighted by molar-refractivity contribution is 5.99. The Hall–Kier alpha value is -3.27. The second kappa shape index (κ2) is 8.90. The number of non-ortho nitro benzene ring substituents is 1. The zero-order valence-corrected chi connectivity index (χ0v) is 15.3. The third kappa shape index (κ3) is 5.89. The predicted molar refractivity (Wildman–Crippen MR) is 97.4 cm³/mol. The lowest BCUT2D eigenvalue weighted by atomic mass is 10.1. The number of nitrogens with one attached hydrogen (secondary N) is 1. The average Bonchev–Trinajstić information content (AvgIpc) is 3.02. The lowest BCUT2D eigenvalue weighted by Crippen LogP contribution is -2.41. The quantitative estimate of drug-likeness (QED) is 0.548. The van der Waals surface area contributed by atoms with E-state index in [1.165, 1.54) is 29.2 Å². The Bertz CT molecular complexity index is 815. The van der Waals surface area contributed by atoms with Crippen molar-refractivity contribution in [2.75, 3.05) is 39.0 Å². The van der Waals surface area contributed by atoms with Crippen LogP contribution < -0.4 is 5.32 Å². The number of carbonyl (C=O) groups is 2. The number of likely N-dealkylation sites (N-methyl/N-ethyl adjacent to an activating group) is 1. The molecule has 1 N–H and O–H groups in total.